The van der Waals surface area contributed by atoms with Crippen molar-refractivity contribution in [1.29, 1.82) is 0 Å². The molecule has 0 saturated carbocycles. The fraction of sp³-hybridized carbons (Fsp3) is 0.588. The first-order chi connectivity index (χ1) is 9.83. The number of nitrogens with one attached hydrogen (secondary N) is 1. The molecule has 108 valence electrons. The number of aryl methyl sites for hydroxylation is 1. The Hall–Kier alpha value is -1.35. The van der Waals surface area contributed by atoms with Crippen LogP contribution in [-0.4, -0.2) is 36.9 Å². The van der Waals surface area contributed by atoms with Crippen molar-refractivity contribution >= 4 is 11.5 Å². The second kappa shape index (κ2) is 6.40. The number of rotatable bonds is 3. The van der Waals surface area contributed by atoms with Crippen molar-refractivity contribution in [2.75, 3.05) is 31.5 Å². The van der Waals surface area contributed by atoms with E-state index in [2.05, 4.69) is 22.3 Å². The molecular formula is C17H24N2O. The summed E-state index contributed by atoms with van der Waals surface area (Å²) in [5.74, 6) is 0.278. The van der Waals surface area contributed by atoms with E-state index in [1.54, 1.807) is 0 Å². The molecular weight excluding hydrogens is 248 g/mol. The first kappa shape index (κ1) is 13.6. The van der Waals surface area contributed by atoms with E-state index in [0.717, 1.165) is 38.0 Å². The molecule has 0 unspecified atom stereocenters. The molecule has 0 bridgehead atoms. The summed E-state index contributed by atoms with van der Waals surface area (Å²) in [5, 5.41) is 3.40. The van der Waals surface area contributed by atoms with Crippen LogP contribution in [0.15, 0.2) is 18.2 Å². The predicted octanol–water partition coefficient (Wildman–Crippen LogP) is 3.10. The van der Waals surface area contributed by atoms with Crippen LogP contribution in [0.1, 0.15) is 48.0 Å². The highest BCUT2D eigenvalue weighted by Gasteiger charge is 2.16. The molecule has 0 radical (unpaired) electrons. The number of Topliss-reactive ketones (excluding diaryl/α,β-unsaturated/α-hetero) is 1. The third kappa shape index (κ3) is 3.21. The second-order valence-electron chi connectivity index (χ2n) is 6.02. The number of anilines is 1. The summed E-state index contributed by atoms with van der Waals surface area (Å²) in [5.41, 5.74) is 3.40. The molecule has 2 heterocycles. The average Bonchev–Trinajstić information content (AvgIpc) is 2.75. The highest BCUT2D eigenvalue weighted by molar-refractivity contribution is 5.98. The molecule has 1 aromatic carbocycles. The first-order valence-electron chi connectivity index (χ1n) is 7.95. The van der Waals surface area contributed by atoms with Crippen LogP contribution >= 0.6 is 0 Å². The minimum Gasteiger partial charge on any atom is -0.385 e. The van der Waals surface area contributed by atoms with Crippen molar-refractivity contribution in [2.45, 2.75) is 38.5 Å². The number of hydrogen-bond donors (Lipinski definition) is 1. The molecule has 1 N–H and O–H groups in total. The van der Waals surface area contributed by atoms with Gasteiger partial charge in [-0.2, -0.15) is 0 Å². The Morgan fingerprint density at radius 3 is 2.70 bits per heavy atom. The van der Waals surface area contributed by atoms with Crippen LogP contribution in [0.3, 0.4) is 0 Å². The van der Waals surface area contributed by atoms with Gasteiger partial charge in [-0.15, -0.1) is 0 Å². The van der Waals surface area contributed by atoms with Crippen molar-refractivity contribution < 1.29 is 4.79 Å². The highest BCUT2D eigenvalue weighted by atomic mass is 16.1. The standard InChI is InChI=1S/C17H24N2O/c20-17(13-19-10-3-1-2-4-11-19)15-7-8-16-14(12-15)6-5-9-18-16/h7-8,12,18H,1-6,9-11,13H2. The van der Waals surface area contributed by atoms with Gasteiger partial charge in [0, 0.05) is 17.8 Å². The fourth-order valence-corrected chi connectivity index (χ4v) is 3.24. The zero-order valence-corrected chi connectivity index (χ0v) is 12.2. The van der Waals surface area contributed by atoms with Gasteiger partial charge in [0.15, 0.2) is 5.78 Å². The predicted molar refractivity (Wildman–Crippen MR) is 82.5 cm³/mol. The quantitative estimate of drug-likeness (QED) is 0.858. The van der Waals surface area contributed by atoms with E-state index in [9.17, 15) is 4.79 Å². The van der Waals surface area contributed by atoms with Gasteiger partial charge in [0.1, 0.15) is 0 Å². The summed E-state index contributed by atoms with van der Waals surface area (Å²) in [7, 11) is 0. The molecule has 3 heteroatoms. The molecule has 0 aliphatic carbocycles. The number of likely N-dealkylation sites (tertiary alicyclic amines) is 1. The lowest BCUT2D eigenvalue weighted by Gasteiger charge is -2.21. The van der Waals surface area contributed by atoms with Gasteiger partial charge in [0.25, 0.3) is 0 Å². The Morgan fingerprint density at radius 1 is 1.10 bits per heavy atom. The number of benzene rings is 1. The van der Waals surface area contributed by atoms with Gasteiger partial charge in [-0.05, 0) is 62.5 Å². The molecule has 0 amide bonds. The van der Waals surface area contributed by atoms with Crippen LogP contribution in [0.25, 0.3) is 0 Å². The van der Waals surface area contributed by atoms with Crippen LogP contribution < -0.4 is 5.32 Å². The largest absolute Gasteiger partial charge is 0.385 e. The van der Waals surface area contributed by atoms with Crippen LogP contribution in [0, 0.1) is 0 Å². The number of ketones is 1. The fourth-order valence-electron chi connectivity index (χ4n) is 3.24. The van der Waals surface area contributed by atoms with Crippen molar-refractivity contribution in [1.82, 2.24) is 4.90 Å². The second-order valence-corrected chi connectivity index (χ2v) is 6.02. The lowest BCUT2D eigenvalue weighted by molar-refractivity contribution is 0.0933. The summed E-state index contributed by atoms with van der Waals surface area (Å²) in [6.45, 7) is 3.80. The molecule has 20 heavy (non-hydrogen) atoms. The molecule has 2 aliphatic heterocycles. The van der Waals surface area contributed by atoms with Gasteiger partial charge < -0.3 is 5.32 Å². The topological polar surface area (TPSA) is 32.3 Å². The monoisotopic (exact) mass is 272 g/mol. The van der Waals surface area contributed by atoms with E-state index >= 15 is 0 Å². The Labute approximate surface area is 121 Å². The number of carbonyl (C=O) groups is 1. The van der Waals surface area contributed by atoms with Gasteiger partial charge >= 0.3 is 0 Å². The van der Waals surface area contributed by atoms with E-state index in [-0.39, 0.29) is 5.78 Å². The van der Waals surface area contributed by atoms with Gasteiger partial charge in [0.2, 0.25) is 0 Å². The van der Waals surface area contributed by atoms with Crippen LogP contribution in [0.5, 0.6) is 0 Å². The number of nitrogens with zero attached hydrogens (tertiary/aromatic N) is 1. The zero-order valence-electron chi connectivity index (χ0n) is 12.2. The molecule has 0 aromatic heterocycles. The summed E-state index contributed by atoms with van der Waals surface area (Å²) in [6, 6.07) is 6.16. The third-order valence-electron chi connectivity index (χ3n) is 4.43. The normalized spacial score (nSPS) is 19.8. The van der Waals surface area contributed by atoms with E-state index in [1.807, 2.05) is 6.07 Å². The highest BCUT2D eigenvalue weighted by Crippen LogP contribution is 2.23. The summed E-state index contributed by atoms with van der Waals surface area (Å²) >= 11 is 0. The number of hydrogen-bond acceptors (Lipinski definition) is 3. The summed E-state index contributed by atoms with van der Waals surface area (Å²) < 4.78 is 0. The third-order valence-corrected chi connectivity index (χ3v) is 4.43. The van der Waals surface area contributed by atoms with Gasteiger partial charge in [0.05, 0.1) is 6.54 Å². The van der Waals surface area contributed by atoms with Crippen molar-refractivity contribution in [3.8, 4) is 0 Å². The minimum absolute atomic E-state index is 0.278. The Morgan fingerprint density at radius 2 is 1.90 bits per heavy atom. The van der Waals surface area contributed by atoms with E-state index in [1.165, 1.54) is 36.9 Å². The molecule has 1 fully saturated rings. The van der Waals surface area contributed by atoms with Gasteiger partial charge in [-0.1, -0.05) is 12.8 Å². The molecule has 1 saturated heterocycles. The van der Waals surface area contributed by atoms with E-state index in [0.29, 0.717) is 6.54 Å². The number of fused-ring (bicyclic) bond motifs is 1. The molecule has 3 rings (SSSR count). The maximum absolute atomic E-state index is 12.4. The van der Waals surface area contributed by atoms with Crippen molar-refractivity contribution in [3.05, 3.63) is 29.3 Å². The zero-order chi connectivity index (χ0) is 13.8. The van der Waals surface area contributed by atoms with Crippen LogP contribution in [0.2, 0.25) is 0 Å². The summed E-state index contributed by atoms with van der Waals surface area (Å²) in [6.07, 6.45) is 7.36. The molecule has 0 atom stereocenters. The van der Waals surface area contributed by atoms with Crippen molar-refractivity contribution in [3.63, 3.8) is 0 Å². The van der Waals surface area contributed by atoms with Gasteiger partial charge in [-0.3, -0.25) is 9.69 Å². The molecule has 3 nitrogen and oxygen atoms in total. The first-order valence-corrected chi connectivity index (χ1v) is 7.95. The number of carbonyl (C=O) groups excluding carboxylic acids is 1. The van der Waals surface area contributed by atoms with Crippen LogP contribution in [-0.2, 0) is 6.42 Å². The Bertz CT molecular complexity index is 476. The lowest BCUT2D eigenvalue weighted by Crippen LogP contribution is -2.30. The minimum atomic E-state index is 0.278. The molecule has 2 aliphatic rings. The van der Waals surface area contributed by atoms with E-state index in [4.69, 9.17) is 0 Å². The molecule has 1 aromatic rings. The summed E-state index contributed by atoms with van der Waals surface area (Å²) in [4.78, 5) is 14.8. The average molecular weight is 272 g/mol. The maximum Gasteiger partial charge on any atom is 0.176 e. The van der Waals surface area contributed by atoms with Gasteiger partial charge in [-0.25, -0.2) is 0 Å². The SMILES string of the molecule is O=C(CN1CCCCCC1)c1ccc2c(c1)CCCN2. The lowest BCUT2D eigenvalue weighted by atomic mass is 9.99. The Kier molecular flexibility index (Phi) is 4.36. The smallest absolute Gasteiger partial charge is 0.176 e. The van der Waals surface area contributed by atoms with E-state index < -0.39 is 0 Å². The molecule has 0 spiro atoms. The maximum atomic E-state index is 12.4. The Balaban J connectivity index is 1.67. The van der Waals surface area contributed by atoms with Crippen molar-refractivity contribution in [2.24, 2.45) is 0 Å². The van der Waals surface area contributed by atoms with Crippen LogP contribution in [0.4, 0.5) is 5.69 Å².